The average molecular weight is 298 g/mol. The summed E-state index contributed by atoms with van der Waals surface area (Å²) in [5, 5.41) is 0. The van der Waals surface area contributed by atoms with Crippen molar-refractivity contribution in [1.29, 1.82) is 0 Å². The first-order chi connectivity index (χ1) is 10.9. The Bertz CT molecular complexity index is 511. The van der Waals surface area contributed by atoms with Crippen molar-refractivity contribution in [2.45, 2.75) is 39.2 Å². The van der Waals surface area contributed by atoms with E-state index >= 15 is 0 Å². The summed E-state index contributed by atoms with van der Waals surface area (Å²) in [4.78, 5) is 0. The molecule has 2 N–H and O–H groups in total. The molecule has 0 amide bonds. The third kappa shape index (κ3) is 6.19. The smallest absolute Gasteiger partial charge is 0.119 e. The Morgan fingerprint density at radius 2 is 1.64 bits per heavy atom. The lowest BCUT2D eigenvalue weighted by atomic mass is 10.2. The van der Waals surface area contributed by atoms with E-state index in [0.29, 0.717) is 0 Å². The molecule has 118 valence electrons. The monoisotopic (exact) mass is 298 g/mol. The second kappa shape index (κ2) is 9.85. The average Bonchev–Trinajstić information content (AvgIpc) is 2.57. The summed E-state index contributed by atoms with van der Waals surface area (Å²) in [5.74, 6) is 0.955. The third-order valence-corrected chi connectivity index (χ3v) is 3.49. The van der Waals surface area contributed by atoms with Crippen LogP contribution >= 0.6 is 0 Å². The zero-order chi connectivity index (χ0) is 15.5. The Labute approximate surface area is 133 Å². The summed E-state index contributed by atoms with van der Waals surface area (Å²) < 4.78 is 5.75. The van der Waals surface area contributed by atoms with E-state index in [-0.39, 0.29) is 0 Å². The minimum absolute atomic E-state index is 0.770. The highest BCUT2D eigenvalue weighted by Gasteiger charge is 1.96. The fourth-order valence-corrected chi connectivity index (χ4v) is 2.19. The van der Waals surface area contributed by atoms with Gasteiger partial charge in [-0.15, -0.1) is 0 Å². The predicted octanol–water partition coefficient (Wildman–Crippen LogP) is 4.76. The van der Waals surface area contributed by atoms with Crippen molar-refractivity contribution in [3.63, 3.8) is 0 Å². The molecule has 0 radical (unpaired) electrons. The zero-order valence-corrected chi connectivity index (χ0v) is 13.3. The summed E-state index contributed by atoms with van der Waals surface area (Å²) in [6.07, 6.45) is 4.95. The van der Waals surface area contributed by atoms with Crippen LogP contribution in [0.1, 0.15) is 38.2 Å². The molecule has 3 heteroatoms. The molecule has 0 aromatic heterocycles. The lowest BCUT2D eigenvalue weighted by Crippen LogP contribution is -2.20. The largest absolute Gasteiger partial charge is 0.494 e. The molecule has 22 heavy (non-hydrogen) atoms. The maximum absolute atomic E-state index is 5.75. The number of para-hydroxylation sites is 1. The molecule has 2 aromatic rings. The summed E-state index contributed by atoms with van der Waals surface area (Å²) in [6.45, 7) is 3.80. The van der Waals surface area contributed by atoms with Gasteiger partial charge in [-0.1, -0.05) is 56.5 Å². The van der Waals surface area contributed by atoms with Gasteiger partial charge in [-0.2, -0.15) is 0 Å². The molecule has 0 aliphatic rings. The predicted molar refractivity (Wildman–Crippen MR) is 93.0 cm³/mol. The van der Waals surface area contributed by atoms with Crippen molar-refractivity contribution in [1.82, 2.24) is 5.43 Å². The minimum atomic E-state index is 0.770. The normalized spacial score (nSPS) is 10.4. The van der Waals surface area contributed by atoms with Crippen molar-refractivity contribution in [2.24, 2.45) is 0 Å². The number of anilines is 1. The van der Waals surface area contributed by atoms with Crippen LogP contribution in [0.5, 0.6) is 5.75 Å². The van der Waals surface area contributed by atoms with Gasteiger partial charge in [-0.3, -0.25) is 0 Å². The van der Waals surface area contributed by atoms with Crippen LogP contribution in [0.25, 0.3) is 0 Å². The van der Waals surface area contributed by atoms with Crippen molar-refractivity contribution >= 4 is 5.69 Å². The van der Waals surface area contributed by atoms with E-state index in [0.717, 1.165) is 31.0 Å². The molecule has 0 fully saturated rings. The van der Waals surface area contributed by atoms with Crippen LogP contribution in [0.4, 0.5) is 5.69 Å². The number of hydrazine groups is 1. The molecule has 0 heterocycles. The molecule has 0 aliphatic heterocycles. The summed E-state index contributed by atoms with van der Waals surface area (Å²) in [7, 11) is 0. The molecule has 0 saturated heterocycles. The molecule has 2 rings (SSSR count). The molecule has 0 aliphatic carbocycles. The van der Waals surface area contributed by atoms with Gasteiger partial charge in [0.2, 0.25) is 0 Å². The molecule has 2 aromatic carbocycles. The molecule has 0 unspecified atom stereocenters. The highest BCUT2D eigenvalue weighted by molar-refractivity contribution is 5.41. The van der Waals surface area contributed by atoms with Crippen LogP contribution in [0, 0.1) is 0 Å². The van der Waals surface area contributed by atoms with E-state index in [1.54, 1.807) is 0 Å². The number of rotatable bonds is 10. The first-order valence-corrected chi connectivity index (χ1v) is 8.14. The Morgan fingerprint density at radius 1 is 0.864 bits per heavy atom. The summed E-state index contributed by atoms with van der Waals surface area (Å²) in [5.41, 5.74) is 8.68. The Morgan fingerprint density at radius 3 is 2.36 bits per heavy atom. The van der Waals surface area contributed by atoms with Gasteiger partial charge < -0.3 is 10.2 Å². The highest BCUT2D eigenvalue weighted by atomic mass is 16.5. The quantitative estimate of drug-likeness (QED) is 0.490. The van der Waals surface area contributed by atoms with E-state index in [1.165, 1.54) is 24.8 Å². The van der Waals surface area contributed by atoms with Gasteiger partial charge in [0.15, 0.2) is 0 Å². The zero-order valence-electron chi connectivity index (χ0n) is 13.3. The maximum atomic E-state index is 5.75. The van der Waals surface area contributed by atoms with Crippen LogP contribution in [0.3, 0.4) is 0 Å². The Balaban J connectivity index is 1.66. The molecule has 0 saturated carbocycles. The van der Waals surface area contributed by atoms with E-state index < -0.39 is 0 Å². The van der Waals surface area contributed by atoms with E-state index in [9.17, 15) is 0 Å². The highest BCUT2D eigenvalue weighted by Crippen LogP contribution is 2.13. The first kappa shape index (κ1) is 16.4. The molecule has 0 spiro atoms. The third-order valence-electron chi connectivity index (χ3n) is 3.49. The maximum Gasteiger partial charge on any atom is 0.119 e. The number of hydrogen-bond acceptors (Lipinski definition) is 3. The van der Waals surface area contributed by atoms with Gasteiger partial charge in [0.05, 0.1) is 6.61 Å². The van der Waals surface area contributed by atoms with E-state index in [2.05, 4.69) is 29.9 Å². The van der Waals surface area contributed by atoms with Crippen molar-refractivity contribution in [3.8, 4) is 5.75 Å². The lowest BCUT2D eigenvalue weighted by Gasteiger charge is -2.09. The van der Waals surface area contributed by atoms with E-state index in [1.807, 2.05) is 42.5 Å². The standard InChI is InChI=1S/C19H26N2O/c1-2-3-4-8-15-22-19-13-11-17(12-14-19)16-20-21-18-9-6-5-7-10-18/h5-7,9-14,20-21H,2-4,8,15-16H2,1H3. The van der Waals surface area contributed by atoms with Gasteiger partial charge in [0.25, 0.3) is 0 Å². The number of unbranched alkanes of at least 4 members (excludes halogenated alkanes) is 3. The fraction of sp³-hybridized carbons (Fsp3) is 0.368. The number of hydrogen-bond donors (Lipinski definition) is 2. The summed E-state index contributed by atoms with van der Waals surface area (Å²) in [6, 6.07) is 18.4. The van der Waals surface area contributed by atoms with Crippen LogP contribution in [-0.4, -0.2) is 6.61 Å². The second-order valence-corrected chi connectivity index (χ2v) is 5.40. The molecule has 3 nitrogen and oxygen atoms in total. The van der Waals surface area contributed by atoms with E-state index in [4.69, 9.17) is 4.74 Å². The summed E-state index contributed by atoms with van der Waals surface area (Å²) >= 11 is 0. The molecular weight excluding hydrogens is 272 g/mol. The molecule has 0 bridgehead atoms. The van der Waals surface area contributed by atoms with Gasteiger partial charge in [0.1, 0.15) is 5.75 Å². The number of nitrogens with one attached hydrogen (secondary N) is 2. The van der Waals surface area contributed by atoms with Crippen LogP contribution < -0.4 is 15.6 Å². The molecular formula is C19H26N2O. The van der Waals surface area contributed by atoms with Crippen LogP contribution in [-0.2, 0) is 6.54 Å². The fourth-order valence-electron chi connectivity index (χ4n) is 2.19. The SMILES string of the molecule is CCCCCCOc1ccc(CNNc2ccccc2)cc1. The Kier molecular flexibility index (Phi) is 7.33. The van der Waals surface area contributed by atoms with Crippen LogP contribution in [0.2, 0.25) is 0 Å². The first-order valence-electron chi connectivity index (χ1n) is 8.14. The number of ether oxygens (including phenoxy) is 1. The topological polar surface area (TPSA) is 33.3 Å². The van der Waals surface area contributed by atoms with Gasteiger partial charge in [0, 0.05) is 12.2 Å². The van der Waals surface area contributed by atoms with Gasteiger partial charge in [-0.25, -0.2) is 5.43 Å². The Hall–Kier alpha value is -2.00. The van der Waals surface area contributed by atoms with Gasteiger partial charge in [-0.05, 0) is 36.2 Å². The van der Waals surface area contributed by atoms with Crippen molar-refractivity contribution in [3.05, 3.63) is 60.2 Å². The second-order valence-electron chi connectivity index (χ2n) is 5.40. The minimum Gasteiger partial charge on any atom is -0.494 e. The lowest BCUT2D eigenvalue weighted by molar-refractivity contribution is 0.305. The number of benzene rings is 2. The van der Waals surface area contributed by atoms with Crippen LogP contribution in [0.15, 0.2) is 54.6 Å². The molecule has 0 atom stereocenters. The van der Waals surface area contributed by atoms with Gasteiger partial charge >= 0.3 is 0 Å². The van der Waals surface area contributed by atoms with Crippen molar-refractivity contribution < 1.29 is 4.74 Å². The van der Waals surface area contributed by atoms with Crippen molar-refractivity contribution in [2.75, 3.05) is 12.0 Å².